The molecular formula is C14H12O3. The largest absolute Gasteiger partial charge is 0.458 e. The lowest BCUT2D eigenvalue weighted by molar-refractivity contribution is -0.123. The number of ether oxygens (including phenoxy) is 1. The van der Waals surface area contributed by atoms with Gasteiger partial charge in [-0.25, -0.2) is 0 Å². The Balaban J connectivity index is 2.08. The first-order valence-electron chi connectivity index (χ1n) is 5.33. The number of hydrogen-bond acceptors (Lipinski definition) is 3. The minimum absolute atomic E-state index is 0.346. The standard InChI is InChI=1S/C14H12O3/c15-10-14(11-16)8-6-13(7-9-14)17-12-4-2-1-3-5-12/h1-8,10-11H,9H2. The highest BCUT2D eigenvalue weighted by Gasteiger charge is 2.27. The lowest BCUT2D eigenvalue weighted by Crippen LogP contribution is -2.23. The average molecular weight is 228 g/mol. The first-order valence-corrected chi connectivity index (χ1v) is 5.33. The van der Waals surface area contributed by atoms with Crippen LogP contribution in [0.3, 0.4) is 0 Å². The third kappa shape index (κ3) is 2.50. The minimum Gasteiger partial charge on any atom is -0.458 e. The van der Waals surface area contributed by atoms with Crippen LogP contribution in [-0.4, -0.2) is 12.6 Å². The molecule has 0 fully saturated rings. The van der Waals surface area contributed by atoms with Crippen molar-refractivity contribution in [1.29, 1.82) is 0 Å². The van der Waals surface area contributed by atoms with Gasteiger partial charge in [0.1, 0.15) is 29.5 Å². The fraction of sp³-hybridized carbons (Fsp3) is 0.143. The van der Waals surface area contributed by atoms with Gasteiger partial charge < -0.3 is 14.3 Å². The number of allylic oxidation sites excluding steroid dienone is 3. The molecule has 1 aliphatic carbocycles. The summed E-state index contributed by atoms with van der Waals surface area (Å²) in [6, 6.07) is 9.35. The second kappa shape index (κ2) is 4.78. The summed E-state index contributed by atoms with van der Waals surface area (Å²) in [5, 5.41) is 0. The van der Waals surface area contributed by atoms with E-state index in [1.165, 1.54) is 0 Å². The predicted octanol–water partition coefficient (Wildman–Crippen LogP) is 2.29. The van der Waals surface area contributed by atoms with E-state index in [2.05, 4.69) is 0 Å². The second-order valence-corrected chi connectivity index (χ2v) is 3.91. The minimum atomic E-state index is -1.01. The highest BCUT2D eigenvalue weighted by molar-refractivity contribution is 5.87. The summed E-state index contributed by atoms with van der Waals surface area (Å²) in [6.45, 7) is 0. The van der Waals surface area contributed by atoms with Crippen LogP contribution in [-0.2, 0) is 9.59 Å². The van der Waals surface area contributed by atoms with Crippen molar-refractivity contribution in [1.82, 2.24) is 0 Å². The fourth-order valence-corrected chi connectivity index (χ4v) is 1.55. The number of carbonyl (C=O) groups excluding carboxylic acids is 2. The quantitative estimate of drug-likeness (QED) is 0.586. The normalized spacial score (nSPS) is 17.1. The van der Waals surface area contributed by atoms with E-state index in [1.54, 1.807) is 18.2 Å². The van der Waals surface area contributed by atoms with E-state index in [1.807, 2.05) is 30.3 Å². The summed E-state index contributed by atoms with van der Waals surface area (Å²) >= 11 is 0. The van der Waals surface area contributed by atoms with Gasteiger partial charge >= 0.3 is 0 Å². The topological polar surface area (TPSA) is 43.4 Å². The van der Waals surface area contributed by atoms with Gasteiger partial charge in [-0.3, -0.25) is 0 Å². The van der Waals surface area contributed by atoms with E-state index in [4.69, 9.17) is 4.74 Å². The van der Waals surface area contributed by atoms with E-state index in [0.29, 0.717) is 24.8 Å². The van der Waals surface area contributed by atoms with Crippen LogP contribution >= 0.6 is 0 Å². The highest BCUT2D eigenvalue weighted by atomic mass is 16.5. The molecule has 0 heterocycles. The van der Waals surface area contributed by atoms with Crippen LogP contribution in [0.2, 0.25) is 0 Å². The van der Waals surface area contributed by atoms with Crippen LogP contribution < -0.4 is 4.74 Å². The number of hydrogen-bond donors (Lipinski definition) is 0. The summed E-state index contributed by atoms with van der Waals surface area (Å²) in [5.74, 6) is 1.38. The van der Waals surface area contributed by atoms with Gasteiger partial charge in [0.05, 0.1) is 0 Å². The molecule has 86 valence electrons. The van der Waals surface area contributed by atoms with E-state index in [-0.39, 0.29) is 0 Å². The highest BCUT2D eigenvalue weighted by Crippen LogP contribution is 2.26. The third-order valence-corrected chi connectivity index (χ3v) is 2.63. The van der Waals surface area contributed by atoms with E-state index >= 15 is 0 Å². The monoisotopic (exact) mass is 228 g/mol. The van der Waals surface area contributed by atoms with Crippen LogP contribution in [0.4, 0.5) is 0 Å². The Kier molecular flexibility index (Phi) is 3.19. The van der Waals surface area contributed by atoms with Crippen LogP contribution in [0.1, 0.15) is 6.42 Å². The second-order valence-electron chi connectivity index (χ2n) is 3.91. The lowest BCUT2D eigenvalue weighted by atomic mass is 9.84. The van der Waals surface area contributed by atoms with Crippen LogP contribution in [0.15, 0.2) is 54.3 Å². The van der Waals surface area contributed by atoms with Gasteiger partial charge in [-0.2, -0.15) is 0 Å². The fourth-order valence-electron chi connectivity index (χ4n) is 1.55. The third-order valence-electron chi connectivity index (χ3n) is 2.63. The molecule has 0 atom stereocenters. The Hall–Kier alpha value is -2.16. The Morgan fingerprint density at radius 1 is 1.12 bits per heavy atom. The molecule has 1 aromatic carbocycles. The zero-order valence-corrected chi connectivity index (χ0v) is 9.21. The van der Waals surface area contributed by atoms with Crippen molar-refractivity contribution in [3.63, 3.8) is 0 Å². The molecule has 0 saturated heterocycles. The lowest BCUT2D eigenvalue weighted by Gasteiger charge is -2.19. The average Bonchev–Trinajstić information content (AvgIpc) is 2.41. The smallest absolute Gasteiger partial charge is 0.137 e. The summed E-state index contributed by atoms with van der Waals surface area (Å²) < 4.78 is 5.58. The van der Waals surface area contributed by atoms with Crippen LogP contribution in [0.5, 0.6) is 5.75 Å². The van der Waals surface area contributed by atoms with Gasteiger partial charge in [-0.1, -0.05) is 24.3 Å². The van der Waals surface area contributed by atoms with Gasteiger partial charge in [0.2, 0.25) is 0 Å². The van der Waals surface area contributed by atoms with Gasteiger partial charge in [0.25, 0.3) is 0 Å². The Bertz CT molecular complexity index is 464. The molecule has 0 bridgehead atoms. The summed E-state index contributed by atoms with van der Waals surface area (Å²) in [4.78, 5) is 21.7. The molecule has 0 aliphatic heterocycles. The van der Waals surface area contributed by atoms with Crippen molar-refractivity contribution in [3.8, 4) is 5.75 Å². The maximum atomic E-state index is 10.8. The van der Waals surface area contributed by atoms with E-state index in [9.17, 15) is 9.59 Å². The maximum Gasteiger partial charge on any atom is 0.137 e. The Labute approximate surface area is 99.4 Å². The molecule has 0 radical (unpaired) electrons. The molecule has 1 aliphatic rings. The zero-order valence-electron chi connectivity index (χ0n) is 9.21. The molecule has 0 saturated carbocycles. The molecule has 17 heavy (non-hydrogen) atoms. The number of aldehydes is 2. The summed E-state index contributed by atoms with van der Waals surface area (Å²) in [7, 11) is 0. The van der Waals surface area contributed by atoms with Gasteiger partial charge in [0.15, 0.2) is 0 Å². The van der Waals surface area contributed by atoms with Crippen molar-refractivity contribution >= 4 is 12.6 Å². The van der Waals surface area contributed by atoms with Gasteiger partial charge in [-0.05, 0) is 30.7 Å². The number of para-hydroxylation sites is 1. The molecule has 3 heteroatoms. The molecule has 0 N–H and O–H groups in total. The van der Waals surface area contributed by atoms with Crippen molar-refractivity contribution in [3.05, 3.63) is 54.3 Å². The van der Waals surface area contributed by atoms with Crippen molar-refractivity contribution < 1.29 is 14.3 Å². The van der Waals surface area contributed by atoms with Crippen LogP contribution in [0, 0.1) is 5.41 Å². The molecule has 0 spiro atoms. The number of carbonyl (C=O) groups is 2. The van der Waals surface area contributed by atoms with E-state index < -0.39 is 5.41 Å². The number of rotatable bonds is 4. The Morgan fingerprint density at radius 2 is 1.82 bits per heavy atom. The molecule has 2 rings (SSSR count). The molecule has 0 unspecified atom stereocenters. The van der Waals surface area contributed by atoms with Crippen molar-refractivity contribution in [2.45, 2.75) is 6.42 Å². The number of benzene rings is 1. The zero-order chi connectivity index (χ0) is 12.1. The molecule has 0 aromatic heterocycles. The predicted molar refractivity (Wildman–Crippen MR) is 63.5 cm³/mol. The summed E-state index contributed by atoms with van der Waals surface area (Å²) in [5.41, 5.74) is -1.01. The molecule has 3 nitrogen and oxygen atoms in total. The first-order chi connectivity index (χ1) is 8.28. The Morgan fingerprint density at radius 3 is 2.35 bits per heavy atom. The molecular weight excluding hydrogens is 216 g/mol. The summed E-state index contributed by atoms with van der Waals surface area (Å²) in [6.07, 6.45) is 6.64. The van der Waals surface area contributed by atoms with E-state index in [0.717, 1.165) is 5.75 Å². The van der Waals surface area contributed by atoms with Crippen molar-refractivity contribution in [2.75, 3.05) is 0 Å². The van der Waals surface area contributed by atoms with Gasteiger partial charge in [0, 0.05) is 0 Å². The van der Waals surface area contributed by atoms with Crippen LogP contribution in [0.25, 0.3) is 0 Å². The molecule has 0 amide bonds. The first kappa shape index (κ1) is 11.3. The SMILES string of the molecule is O=CC1(C=O)C=CC(Oc2ccccc2)=CC1. The maximum absolute atomic E-state index is 10.8. The van der Waals surface area contributed by atoms with Gasteiger partial charge in [-0.15, -0.1) is 0 Å². The molecule has 1 aromatic rings. The van der Waals surface area contributed by atoms with Crippen molar-refractivity contribution in [2.24, 2.45) is 5.41 Å².